The van der Waals surface area contributed by atoms with Crippen LogP contribution in [0.3, 0.4) is 0 Å². The molecule has 17 heavy (non-hydrogen) atoms. The Balaban J connectivity index is 2.40. The number of rotatable bonds is 4. The molecule has 1 atom stereocenters. The first kappa shape index (κ1) is 13.0. The Bertz CT molecular complexity index is 408. The Labute approximate surface area is 98.2 Å². The number of carboxylic acid groups (broad SMARTS) is 1. The van der Waals surface area contributed by atoms with Crippen molar-refractivity contribution in [1.82, 2.24) is 15.6 Å². The standard InChI is InChI=1S/C10H15N3O4/c1-5-7(3)17-8(12-5)4-11-10(16)13-6(2)9(14)15/h6H,4H2,1-3H3,(H,14,15)(H2,11,13,16)/t6-/m1/s1. The number of oxazole rings is 1. The molecule has 0 aromatic carbocycles. The average molecular weight is 241 g/mol. The molecule has 0 saturated carbocycles. The number of nitrogens with zero attached hydrogens (tertiary/aromatic N) is 1. The molecular weight excluding hydrogens is 226 g/mol. The lowest BCUT2D eigenvalue weighted by molar-refractivity contribution is -0.138. The van der Waals surface area contributed by atoms with E-state index >= 15 is 0 Å². The number of hydrogen-bond donors (Lipinski definition) is 3. The quantitative estimate of drug-likeness (QED) is 0.714. The highest BCUT2D eigenvalue weighted by molar-refractivity contribution is 5.81. The number of carbonyl (C=O) groups is 2. The highest BCUT2D eigenvalue weighted by Crippen LogP contribution is 2.07. The van der Waals surface area contributed by atoms with Crippen molar-refractivity contribution in [3.8, 4) is 0 Å². The van der Waals surface area contributed by atoms with Crippen LogP contribution >= 0.6 is 0 Å². The molecule has 1 aromatic rings. The molecule has 0 aliphatic carbocycles. The minimum Gasteiger partial charge on any atom is -0.480 e. The van der Waals surface area contributed by atoms with Gasteiger partial charge in [-0.2, -0.15) is 0 Å². The van der Waals surface area contributed by atoms with Crippen LogP contribution in [0.1, 0.15) is 24.3 Å². The van der Waals surface area contributed by atoms with Crippen LogP contribution in [-0.4, -0.2) is 28.1 Å². The second kappa shape index (κ2) is 5.33. The largest absolute Gasteiger partial charge is 0.480 e. The zero-order valence-corrected chi connectivity index (χ0v) is 9.90. The molecule has 1 rings (SSSR count). The van der Waals surface area contributed by atoms with Crippen LogP contribution in [0.2, 0.25) is 0 Å². The number of hydrogen-bond acceptors (Lipinski definition) is 4. The molecule has 0 aliphatic heterocycles. The van der Waals surface area contributed by atoms with Gasteiger partial charge in [0.15, 0.2) is 0 Å². The van der Waals surface area contributed by atoms with Gasteiger partial charge in [-0.25, -0.2) is 9.78 Å². The fraction of sp³-hybridized carbons (Fsp3) is 0.500. The Morgan fingerprint density at radius 1 is 1.47 bits per heavy atom. The van der Waals surface area contributed by atoms with Crippen molar-refractivity contribution in [2.45, 2.75) is 33.4 Å². The highest BCUT2D eigenvalue weighted by Gasteiger charge is 2.14. The molecule has 94 valence electrons. The SMILES string of the molecule is Cc1nc(CNC(=O)N[C@H](C)C(=O)O)oc1C. The predicted molar refractivity (Wildman–Crippen MR) is 58.4 cm³/mol. The number of aryl methyl sites for hydroxylation is 2. The monoisotopic (exact) mass is 241 g/mol. The Morgan fingerprint density at radius 2 is 2.12 bits per heavy atom. The maximum Gasteiger partial charge on any atom is 0.325 e. The maximum atomic E-state index is 11.3. The number of urea groups is 1. The molecule has 0 unspecified atom stereocenters. The number of amides is 2. The number of aromatic nitrogens is 1. The molecular formula is C10H15N3O4. The molecule has 3 N–H and O–H groups in total. The molecule has 7 heteroatoms. The molecule has 1 heterocycles. The minimum atomic E-state index is -1.09. The topological polar surface area (TPSA) is 104 Å². The van der Waals surface area contributed by atoms with Crippen LogP contribution in [0.4, 0.5) is 4.79 Å². The first-order valence-corrected chi connectivity index (χ1v) is 5.10. The van der Waals surface area contributed by atoms with Crippen LogP contribution in [0.5, 0.6) is 0 Å². The van der Waals surface area contributed by atoms with Crippen molar-refractivity contribution in [1.29, 1.82) is 0 Å². The van der Waals surface area contributed by atoms with Crippen molar-refractivity contribution in [3.05, 3.63) is 17.3 Å². The van der Waals surface area contributed by atoms with Crippen LogP contribution in [0, 0.1) is 13.8 Å². The van der Waals surface area contributed by atoms with Gasteiger partial charge in [-0.1, -0.05) is 0 Å². The molecule has 1 aromatic heterocycles. The van der Waals surface area contributed by atoms with Crippen molar-refractivity contribution in [2.24, 2.45) is 0 Å². The van der Waals surface area contributed by atoms with E-state index < -0.39 is 18.0 Å². The molecule has 0 fully saturated rings. The van der Waals surface area contributed by atoms with E-state index in [-0.39, 0.29) is 6.54 Å². The lowest BCUT2D eigenvalue weighted by Gasteiger charge is -2.09. The summed E-state index contributed by atoms with van der Waals surface area (Å²) in [5, 5.41) is 13.3. The summed E-state index contributed by atoms with van der Waals surface area (Å²) < 4.78 is 5.25. The lowest BCUT2D eigenvalue weighted by atomic mass is 10.3. The smallest absolute Gasteiger partial charge is 0.325 e. The third kappa shape index (κ3) is 3.78. The van der Waals surface area contributed by atoms with E-state index in [1.807, 2.05) is 0 Å². The van der Waals surface area contributed by atoms with E-state index in [4.69, 9.17) is 9.52 Å². The zero-order valence-electron chi connectivity index (χ0n) is 9.90. The second-order valence-electron chi connectivity index (χ2n) is 3.64. The van der Waals surface area contributed by atoms with E-state index in [2.05, 4.69) is 15.6 Å². The number of carboxylic acids is 1. The summed E-state index contributed by atoms with van der Waals surface area (Å²) in [6, 6.07) is -1.52. The number of aliphatic carboxylic acids is 1. The highest BCUT2D eigenvalue weighted by atomic mass is 16.4. The van der Waals surface area contributed by atoms with Crippen LogP contribution in [0.15, 0.2) is 4.42 Å². The van der Waals surface area contributed by atoms with Crippen molar-refractivity contribution in [3.63, 3.8) is 0 Å². The summed E-state index contributed by atoms with van der Waals surface area (Å²) >= 11 is 0. The summed E-state index contributed by atoms with van der Waals surface area (Å²) in [7, 11) is 0. The fourth-order valence-corrected chi connectivity index (χ4v) is 1.08. The van der Waals surface area contributed by atoms with Crippen LogP contribution in [0.25, 0.3) is 0 Å². The van der Waals surface area contributed by atoms with Gasteiger partial charge in [0.2, 0.25) is 5.89 Å². The molecule has 2 amide bonds. The van der Waals surface area contributed by atoms with Gasteiger partial charge in [-0.3, -0.25) is 4.79 Å². The van der Waals surface area contributed by atoms with Crippen molar-refractivity contribution >= 4 is 12.0 Å². The fourth-order valence-electron chi connectivity index (χ4n) is 1.08. The number of nitrogens with one attached hydrogen (secondary N) is 2. The Kier molecular flexibility index (Phi) is 4.08. The summed E-state index contributed by atoms with van der Waals surface area (Å²) in [5.41, 5.74) is 0.765. The maximum absolute atomic E-state index is 11.3. The second-order valence-corrected chi connectivity index (χ2v) is 3.64. The summed E-state index contributed by atoms with van der Waals surface area (Å²) in [6.45, 7) is 5.07. The van der Waals surface area contributed by atoms with E-state index in [0.717, 1.165) is 5.69 Å². The first-order valence-electron chi connectivity index (χ1n) is 5.10. The average Bonchev–Trinajstić information content (AvgIpc) is 2.55. The van der Waals surface area contributed by atoms with E-state index in [0.29, 0.717) is 11.7 Å². The van der Waals surface area contributed by atoms with Gasteiger partial charge in [0.25, 0.3) is 0 Å². The third-order valence-corrected chi connectivity index (χ3v) is 2.19. The van der Waals surface area contributed by atoms with Gasteiger partial charge < -0.3 is 20.2 Å². The Morgan fingerprint density at radius 3 is 2.59 bits per heavy atom. The minimum absolute atomic E-state index is 0.118. The van der Waals surface area contributed by atoms with Gasteiger partial charge in [-0.05, 0) is 20.8 Å². The summed E-state index contributed by atoms with van der Waals surface area (Å²) in [4.78, 5) is 25.8. The lowest BCUT2D eigenvalue weighted by Crippen LogP contribution is -2.44. The van der Waals surface area contributed by atoms with Gasteiger partial charge in [0, 0.05) is 0 Å². The van der Waals surface area contributed by atoms with Crippen LogP contribution < -0.4 is 10.6 Å². The summed E-state index contributed by atoms with van der Waals surface area (Å²) in [6.07, 6.45) is 0. The molecule has 7 nitrogen and oxygen atoms in total. The van der Waals surface area contributed by atoms with Gasteiger partial charge in [0.1, 0.15) is 11.8 Å². The molecule has 0 spiro atoms. The van der Waals surface area contributed by atoms with E-state index in [9.17, 15) is 9.59 Å². The van der Waals surface area contributed by atoms with Gasteiger partial charge >= 0.3 is 12.0 Å². The molecule has 0 radical (unpaired) electrons. The van der Waals surface area contributed by atoms with Crippen LogP contribution in [-0.2, 0) is 11.3 Å². The van der Waals surface area contributed by atoms with Crippen molar-refractivity contribution < 1.29 is 19.1 Å². The van der Waals surface area contributed by atoms with Crippen molar-refractivity contribution in [2.75, 3.05) is 0 Å². The molecule has 0 aliphatic rings. The summed E-state index contributed by atoms with van der Waals surface area (Å²) in [5.74, 6) is -0.0118. The third-order valence-electron chi connectivity index (χ3n) is 2.19. The molecule has 0 bridgehead atoms. The first-order chi connectivity index (χ1) is 7.90. The number of carbonyl (C=O) groups excluding carboxylic acids is 1. The normalized spacial score (nSPS) is 11.9. The van der Waals surface area contributed by atoms with Gasteiger partial charge in [-0.15, -0.1) is 0 Å². The molecule has 0 saturated heterocycles. The predicted octanol–water partition coefficient (Wildman–Crippen LogP) is 0.564. The Hall–Kier alpha value is -2.05. The van der Waals surface area contributed by atoms with E-state index in [1.165, 1.54) is 6.92 Å². The zero-order chi connectivity index (χ0) is 13.0. The van der Waals surface area contributed by atoms with Gasteiger partial charge in [0.05, 0.1) is 12.2 Å². The van der Waals surface area contributed by atoms with E-state index in [1.54, 1.807) is 13.8 Å².